The third kappa shape index (κ3) is 4.89. The van der Waals surface area contributed by atoms with Crippen LogP contribution in [0.1, 0.15) is 42.6 Å². The van der Waals surface area contributed by atoms with Crippen LogP contribution in [0.15, 0.2) is 48.8 Å². The molecule has 1 fully saturated rings. The van der Waals surface area contributed by atoms with Crippen molar-refractivity contribution in [2.24, 2.45) is 0 Å². The molecule has 1 aliphatic rings. The Morgan fingerprint density at radius 1 is 1.00 bits per heavy atom. The molecular formula is C23H23F3N4O2. The topological polar surface area (TPSA) is 91.2 Å². The number of aliphatic hydroxyl groups is 2. The van der Waals surface area contributed by atoms with Gasteiger partial charge in [0.15, 0.2) is 0 Å². The van der Waals surface area contributed by atoms with Crippen LogP contribution in [0.4, 0.5) is 24.8 Å². The molecule has 0 spiro atoms. The number of nitrogens with one attached hydrogen (secondary N) is 1. The van der Waals surface area contributed by atoms with Crippen molar-refractivity contribution in [1.29, 1.82) is 0 Å². The highest BCUT2D eigenvalue weighted by Gasteiger charge is 2.35. The monoisotopic (exact) mass is 444 g/mol. The highest BCUT2D eigenvalue weighted by molar-refractivity contribution is 5.71. The smallest absolute Gasteiger partial charge is 0.393 e. The zero-order valence-electron chi connectivity index (χ0n) is 17.4. The number of aliphatic hydroxyl groups excluding tert-OH is 1. The molecule has 0 aliphatic heterocycles. The average molecular weight is 444 g/mol. The molecule has 4 rings (SSSR count). The molecule has 2 aromatic heterocycles. The van der Waals surface area contributed by atoms with Crippen molar-refractivity contribution in [3.05, 3.63) is 65.7 Å². The van der Waals surface area contributed by atoms with Gasteiger partial charge in [-0.15, -0.1) is 0 Å². The molecule has 9 heteroatoms. The molecule has 0 saturated heterocycles. The van der Waals surface area contributed by atoms with Gasteiger partial charge in [-0.1, -0.05) is 6.07 Å². The van der Waals surface area contributed by atoms with E-state index in [0.717, 1.165) is 29.0 Å². The number of hydrogen-bond acceptors (Lipinski definition) is 6. The van der Waals surface area contributed by atoms with E-state index < -0.39 is 23.6 Å². The van der Waals surface area contributed by atoms with E-state index in [-0.39, 0.29) is 5.95 Å². The van der Waals surface area contributed by atoms with Crippen LogP contribution < -0.4 is 5.32 Å². The van der Waals surface area contributed by atoms with Crippen LogP contribution >= 0.6 is 0 Å². The van der Waals surface area contributed by atoms with Crippen molar-refractivity contribution in [3.8, 4) is 11.1 Å². The maximum absolute atomic E-state index is 12.9. The van der Waals surface area contributed by atoms with E-state index in [2.05, 4.69) is 20.3 Å². The van der Waals surface area contributed by atoms with Gasteiger partial charge >= 0.3 is 6.18 Å². The molecule has 1 aromatic carbocycles. The van der Waals surface area contributed by atoms with Gasteiger partial charge in [0.05, 0.1) is 11.8 Å². The number of alkyl halides is 3. The van der Waals surface area contributed by atoms with Crippen LogP contribution in [0, 0.1) is 6.92 Å². The zero-order chi connectivity index (χ0) is 22.9. The molecule has 0 amide bonds. The van der Waals surface area contributed by atoms with Crippen molar-refractivity contribution in [3.63, 3.8) is 0 Å². The maximum atomic E-state index is 12.9. The van der Waals surface area contributed by atoms with Crippen LogP contribution in [0.2, 0.25) is 0 Å². The summed E-state index contributed by atoms with van der Waals surface area (Å²) >= 11 is 0. The van der Waals surface area contributed by atoms with Gasteiger partial charge in [-0.3, -0.25) is 4.98 Å². The van der Waals surface area contributed by atoms with Gasteiger partial charge in [0.1, 0.15) is 11.3 Å². The number of rotatable bonds is 4. The summed E-state index contributed by atoms with van der Waals surface area (Å²) in [5, 5.41) is 23.6. The predicted octanol–water partition coefficient (Wildman–Crippen LogP) is 4.73. The minimum absolute atomic E-state index is 0.151. The van der Waals surface area contributed by atoms with Crippen molar-refractivity contribution in [2.75, 3.05) is 5.32 Å². The predicted molar refractivity (Wildman–Crippen MR) is 113 cm³/mol. The largest absolute Gasteiger partial charge is 0.433 e. The highest BCUT2D eigenvalue weighted by Crippen LogP contribution is 2.37. The molecule has 0 bridgehead atoms. The van der Waals surface area contributed by atoms with Gasteiger partial charge in [-0.05, 0) is 79.6 Å². The number of hydrogen-bond donors (Lipinski definition) is 3. The lowest BCUT2D eigenvalue weighted by molar-refractivity contribution is -0.141. The number of aryl methyl sites for hydroxylation is 1. The number of anilines is 2. The fourth-order valence-corrected chi connectivity index (χ4v) is 3.93. The van der Waals surface area contributed by atoms with Crippen LogP contribution in [-0.4, -0.2) is 31.3 Å². The first-order chi connectivity index (χ1) is 15.1. The summed E-state index contributed by atoms with van der Waals surface area (Å²) < 4.78 is 38.8. The van der Waals surface area contributed by atoms with Gasteiger partial charge < -0.3 is 15.5 Å². The molecule has 32 heavy (non-hydrogen) atoms. The van der Waals surface area contributed by atoms with Gasteiger partial charge in [-0.2, -0.15) is 13.2 Å². The first kappa shape index (κ1) is 22.2. The van der Waals surface area contributed by atoms with Crippen molar-refractivity contribution in [1.82, 2.24) is 15.0 Å². The quantitative estimate of drug-likeness (QED) is 0.539. The molecule has 0 unspecified atom stereocenters. The Labute approximate surface area is 183 Å². The minimum Gasteiger partial charge on any atom is -0.393 e. The molecule has 1 aliphatic carbocycles. The fraction of sp³-hybridized carbons (Fsp3) is 0.348. The van der Waals surface area contributed by atoms with E-state index in [4.69, 9.17) is 0 Å². The number of halogens is 3. The number of aromatic nitrogens is 3. The van der Waals surface area contributed by atoms with E-state index in [1.165, 1.54) is 0 Å². The Bertz CT molecular complexity index is 1110. The lowest BCUT2D eigenvalue weighted by Gasteiger charge is -2.34. The molecule has 2 heterocycles. The molecule has 6 nitrogen and oxygen atoms in total. The Hall–Kier alpha value is -3.04. The van der Waals surface area contributed by atoms with E-state index in [9.17, 15) is 23.4 Å². The highest BCUT2D eigenvalue weighted by atomic mass is 19.4. The summed E-state index contributed by atoms with van der Waals surface area (Å²) in [5.74, 6) is -0.151. The summed E-state index contributed by atoms with van der Waals surface area (Å²) in [6.07, 6.45) is -0.390. The number of benzene rings is 1. The van der Waals surface area contributed by atoms with Crippen molar-refractivity contribution in [2.45, 2.75) is 50.5 Å². The first-order valence-electron chi connectivity index (χ1n) is 10.3. The maximum Gasteiger partial charge on any atom is 0.433 e. The van der Waals surface area contributed by atoms with Crippen LogP contribution in [0.5, 0.6) is 0 Å². The van der Waals surface area contributed by atoms with Crippen LogP contribution in [0.3, 0.4) is 0 Å². The SMILES string of the molecule is Cc1cc(Nc2nccc(C(F)(F)F)n2)cc(-c2ccnc(C3(O)CCC(O)CC3)c2)c1. The molecule has 1 saturated carbocycles. The third-order valence-electron chi connectivity index (χ3n) is 5.63. The Kier molecular flexibility index (Phi) is 5.87. The zero-order valence-corrected chi connectivity index (χ0v) is 17.4. The second-order valence-corrected chi connectivity index (χ2v) is 8.17. The molecule has 0 atom stereocenters. The first-order valence-corrected chi connectivity index (χ1v) is 10.3. The molecule has 0 radical (unpaired) electrons. The Morgan fingerprint density at radius 2 is 1.72 bits per heavy atom. The van der Waals surface area contributed by atoms with E-state index in [1.54, 1.807) is 18.3 Å². The summed E-state index contributed by atoms with van der Waals surface area (Å²) in [5.41, 5.74) is 1.47. The standard InChI is InChI=1S/C23H23F3N4O2/c1-14-10-16(12-17(11-14)29-21-28-9-5-19(30-21)23(24,25)26)15-4-8-27-20(13-15)22(32)6-2-18(31)3-7-22/h4-5,8-13,18,31-32H,2-3,6-7H2,1H3,(H,28,29,30). The lowest BCUT2D eigenvalue weighted by atomic mass is 9.80. The van der Waals surface area contributed by atoms with Gasteiger partial charge in [0.2, 0.25) is 5.95 Å². The van der Waals surface area contributed by atoms with Crippen LogP contribution in [0.25, 0.3) is 11.1 Å². The van der Waals surface area contributed by atoms with Gasteiger partial charge in [0, 0.05) is 18.1 Å². The second kappa shape index (κ2) is 8.48. The number of pyridine rings is 1. The van der Waals surface area contributed by atoms with Crippen LogP contribution in [-0.2, 0) is 11.8 Å². The number of nitrogens with zero attached hydrogens (tertiary/aromatic N) is 3. The van der Waals surface area contributed by atoms with E-state index >= 15 is 0 Å². The molecule has 3 N–H and O–H groups in total. The summed E-state index contributed by atoms with van der Waals surface area (Å²) in [6, 6.07) is 9.95. The van der Waals surface area contributed by atoms with Gasteiger partial charge in [-0.25, -0.2) is 9.97 Å². The second-order valence-electron chi connectivity index (χ2n) is 8.17. The van der Waals surface area contributed by atoms with E-state index in [1.807, 2.05) is 25.1 Å². The van der Waals surface area contributed by atoms with Crippen molar-refractivity contribution < 1.29 is 23.4 Å². The Morgan fingerprint density at radius 3 is 2.44 bits per heavy atom. The van der Waals surface area contributed by atoms with Gasteiger partial charge in [0.25, 0.3) is 0 Å². The lowest BCUT2D eigenvalue weighted by Crippen LogP contribution is -2.34. The molecule has 3 aromatic rings. The summed E-state index contributed by atoms with van der Waals surface area (Å²) in [4.78, 5) is 11.8. The minimum atomic E-state index is -4.56. The summed E-state index contributed by atoms with van der Waals surface area (Å²) in [6.45, 7) is 1.87. The fourth-order valence-electron chi connectivity index (χ4n) is 3.93. The molecular weight excluding hydrogens is 421 g/mol. The summed E-state index contributed by atoms with van der Waals surface area (Å²) in [7, 11) is 0. The van der Waals surface area contributed by atoms with Crippen molar-refractivity contribution >= 4 is 11.6 Å². The average Bonchev–Trinajstić information content (AvgIpc) is 2.75. The normalized spacial score (nSPS) is 21.4. The Balaban J connectivity index is 1.63. The molecule has 168 valence electrons. The van der Waals surface area contributed by atoms with E-state index in [0.29, 0.717) is 37.1 Å². The third-order valence-corrected chi connectivity index (χ3v) is 5.63.